The summed E-state index contributed by atoms with van der Waals surface area (Å²) in [4.78, 5) is 149. The van der Waals surface area contributed by atoms with Crippen molar-refractivity contribution in [2.45, 2.75) is 31.8 Å². The predicted molar refractivity (Wildman–Crippen MR) is 240 cm³/mol. The molecule has 28 nitrogen and oxygen atoms in total. The molecule has 5 amide bonds. The molecular weight excluding hydrogens is 945 g/mol. The third-order valence-electron chi connectivity index (χ3n) is 8.71. The van der Waals surface area contributed by atoms with Gasteiger partial charge in [-0.25, -0.2) is 19.6 Å². The zero-order valence-corrected chi connectivity index (χ0v) is 37.7. The first-order valence-electron chi connectivity index (χ1n) is 20.0. The summed E-state index contributed by atoms with van der Waals surface area (Å²) in [7, 11) is 2.31. The maximum atomic E-state index is 12.9. The topological polar surface area (TPSA) is 425 Å². The van der Waals surface area contributed by atoms with Crippen LogP contribution in [0.15, 0.2) is 35.3 Å². The van der Waals surface area contributed by atoms with E-state index in [9.17, 15) is 73.2 Å². The molecule has 0 aliphatic carbocycles. The van der Waals surface area contributed by atoms with Crippen LogP contribution in [0, 0.1) is 0 Å². The Morgan fingerprint density at radius 3 is 1.96 bits per heavy atom. The fourth-order valence-electron chi connectivity index (χ4n) is 5.58. The van der Waals surface area contributed by atoms with Crippen LogP contribution in [-0.4, -0.2) is 192 Å². The van der Waals surface area contributed by atoms with Crippen molar-refractivity contribution >= 4 is 104 Å². The first-order valence-corrected chi connectivity index (χ1v) is 22.5. The minimum Gasteiger partial charge on any atom is -0.480 e. The summed E-state index contributed by atoms with van der Waals surface area (Å²) in [5.74, 6) is -9.48. The first-order chi connectivity index (χ1) is 32.2. The molecule has 0 aliphatic rings. The van der Waals surface area contributed by atoms with Gasteiger partial charge in [-0.3, -0.25) is 57.9 Å². The highest BCUT2D eigenvalue weighted by Crippen LogP contribution is 2.22. The number of nitrogen functional groups attached to an aromatic ring is 1. The minimum absolute atomic E-state index is 0.0146. The molecule has 0 bridgehead atoms. The second-order valence-corrected chi connectivity index (χ2v) is 16.8. The van der Waals surface area contributed by atoms with Crippen LogP contribution in [0.3, 0.4) is 0 Å². The number of ether oxygens (including phenoxy) is 1. The molecule has 0 radical (unpaired) electrons. The number of H-pyrrole nitrogens is 1. The van der Waals surface area contributed by atoms with Crippen molar-refractivity contribution in [2.24, 2.45) is 0 Å². The van der Waals surface area contributed by atoms with Crippen molar-refractivity contribution in [1.29, 1.82) is 0 Å². The number of carbonyl (C=O) groups is 10. The third kappa shape index (κ3) is 20.4. The van der Waals surface area contributed by atoms with Crippen LogP contribution in [0.1, 0.15) is 40.6 Å². The van der Waals surface area contributed by atoms with Gasteiger partial charge in [-0.2, -0.15) is 4.98 Å². The van der Waals surface area contributed by atoms with Crippen molar-refractivity contribution in [3.05, 3.63) is 52.1 Å². The van der Waals surface area contributed by atoms with Crippen LogP contribution >= 0.6 is 21.6 Å². The highest BCUT2D eigenvalue weighted by Gasteiger charge is 2.25. The van der Waals surface area contributed by atoms with Crippen LogP contribution in [-0.2, 0) is 43.1 Å². The lowest BCUT2D eigenvalue weighted by Gasteiger charge is -2.25. The number of nitrogens with two attached hydrogens (primary N) is 1. The molecule has 0 unspecified atom stereocenters. The summed E-state index contributed by atoms with van der Waals surface area (Å²) in [6, 6.07) is 2.47. The van der Waals surface area contributed by atoms with Crippen LogP contribution in [0.4, 0.5) is 11.6 Å². The molecule has 368 valence electrons. The summed E-state index contributed by atoms with van der Waals surface area (Å²) < 4.78 is 4.78. The number of esters is 1. The second kappa shape index (κ2) is 27.9. The van der Waals surface area contributed by atoms with E-state index < -0.39 is 103 Å². The van der Waals surface area contributed by atoms with Crippen molar-refractivity contribution < 1.29 is 73.1 Å². The Labute approximate surface area is 392 Å². The quantitative estimate of drug-likeness (QED) is 0.0180. The van der Waals surface area contributed by atoms with E-state index in [1.807, 2.05) is 0 Å². The SMILES string of the molecule is CC(=O)OCCSSC[C@H](NC(=O)CN(CCN(CC(=O)O)CC(=O)NCCNC(=O)CC[C@@H](NC(=O)c1ccc(NC(=O)c2cnc3nc(N)[nH]c(=O)c3n2)cc1)C(=O)O)CC(=O)O)C(=O)O. The number of aliphatic carboxylic acids is 4. The normalized spacial score (nSPS) is 11.8. The number of aromatic nitrogens is 4. The van der Waals surface area contributed by atoms with Crippen LogP contribution < -0.4 is 37.9 Å². The summed E-state index contributed by atoms with van der Waals surface area (Å²) in [6.45, 7) is -1.74. The van der Waals surface area contributed by atoms with Crippen LogP contribution in [0.2, 0.25) is 0 Å². The van der Waals surface area contributed by atoms with E-state index in [2.05, 4.69) is 46.5 Å². The lowest BCUT2D eigenvalue weighted by molar-refractivity contribution is -0.142. The summed E-state index contributed by atoms with van der Waals surface area (Å²) in [5.41, 5.74) is 4.51. The molecule has 0 fully saturated rings. The number of rotatable bonds is 30. The number of carboxylic acids is 4. The van der Waals surface area contributed by atoms with Gasteiger partial charge in [-0.15, -0.1) is 0 Å². The molecule has 2 heterocycles. The molecule has 0 aliphatic heterocycles. The molecule has 30 heteroatoms. The number of hydrogen-bond donors (Lipinski definition) is 11. The van der Waals surface area contributed by atoms with Gasteiger partial charge < -0.3 is 57.5 Å². The van der Waals surface area contributed by atoms with E-state index >= 15 is 0 Å². The van der Waals surface area contributed by atoms with Gasteiger partial charge >= 0.3 is 29.8 Å². The molecular formula is C38H48N12O16S2. The number of benzene rings is 1. The van der Waals surface area contributed by atoms with Crippen LogP contribution in [0.25, 0.3) is 11.2 Å². The zero-order chi connectivity index (χ0) is 50.3. The lowest BCUT2D eigenvalue weighted by atomic mass is 10.1. The maximum Gasteiger partial charge on any atom is 0.327 e. The van der Waals surface area contributed by atoms with Gasteiger partial charge in [-0.1, -0.05) is 21.6 Å². The molecule has 0 spiro atoms. The van der Waals surface area contributed by atoms with Crippen molar-refractivity contribution in [3.63, 3.8) is 0 Å². The molecule has 0 saturated carbocycles. The van der Waals surface area contributed by atoms with Gasteiger partial charge in [0.05, 0.1) is 32.4 Å². The lowest BCUT2D eigenvalue weighted by Crippen LogP contribution is -2.49. The summed E-state index contributed by atoms with van der Waals surface area (Å²) in [6.07, 6.45) is 0.408. The fourth-order valence-corrected chi connectivity index (χ4v) is 7.56. The molecule has 3 rings (SSSR count). The van der Waals surface area contributed by atoms with E-state index in [1.54, 1.807) is 0 Å². The highest BCUT2D eigenvalue weighted by molar-refractivity contribution is 8.76. The Morgan fingerprint density at radius 2 is 1.37 bits per heavy atom. The Bertz CT molecular complexity index is 2390. The molecule has 2 aromatic heterocycles. The van der Waals surface area contributed by atoms with Gasteiger partial charge in [0, 0.05) is 62.3 Å². The molecule has 2 atom stereocenters. The largest absolute Gasteiger partial charge is 0.480 e. The van der Waals surface area contributed by atoms with Gasteiger partial charge in [0.2, 0.25) is 23.7 Å². The average molecular weight is 993 g/mol. The number of carboxylic acid groups (broad SMARTS) is 4. The van der Waals surface area contributed by atoms with E-state index in [-0.39, 0.29) is 85.4 Å². The minimum atomic E-state index is -1.49. The average Bonchev–Trinajstić information content (AvgIpc) is 3.25. The number of nitrogens with zero attached hydrogens (tertiary/aromatic N) is 5. The number of anilines is 2. The first kappa shape index (κ1) is 54.9. The van der Waals surface area contributed by atoms with Gasteiger partial charge in [0.15, 0.2) is 11.2 Å². The predicted octanol–water partition coefficient (Wildman–Crippen LogP) is -2.97. The highest BCUT2D eigenvalue weighted by atomic mass is 33.1. The number of hydrogen-bond acceptors (Lipinski definition) is 20. The van der Waals surface area contributed by atoms with Crippen molar-refractivity contribution in [2.75, 3.05) is 81.5 Å². The maximum absolute atomic E-state index is 12.9. The number of nitrogens with one attached hydrogen (secondary N) is 6. The number of fused-ring (bicyclic) bond motifs is 1. The van der Waals surface area contributed by atoms with Gasteiger partial charge in [0.25, 0.3) is 17.4 Å². The second-order valence-electron chi connectivity index (χ2n) is 14.1. The van der Waals surface area contributed by atoms with E-state index in [0.29, 0.717) is 5.75 Å². The summed E-state index contributed by atoms with van der Waals surface area (Å²) in [5, 5.41) is 50.1. The Morgan fingerprint density at radius 1 is 0.765 bits per heavy atom. The molecule has 3 aromatic rings. The number of aromatic amines is 1. The standard InChI is InChI=1S/C38H48N12O16S2/c1-20(51)66-12-13-67-68-19-25(37(64)65)44-28(54)16-50(18-30(57)58)11-10-49(17-29(55)56)15-27(53)41-9-8-40-26(52)7-6-23(36(62)63)46-33(59)21-2-4-22(5-3-21)43-34(60)24-14-42-32-31(45-24)35(61)48-38(39)47-32/h2-5,14,23,25H,6-13,15-19H2,1H3,(H,40,52)(H,41,53)(H,43,60)(H,44,54)(H,46,59)(H,55,56)(H,57,58)(H,62,63)(H,64,65)(H3,39,42,47,48,61)/t23-,25+/m1/s1. The van der Waals surface area contributed by atoms with Crippen molar-refractivity contribution in [3.8, 4) is 0 Å². The number of carbonyl (C=O) groups excluding carboxylic acids is 6. The van der Waals surface area contributed by atoms with E-state index in [0.717, 1.165) is 26.8 Å². The van der Waals surface area contributed by atoms with E-state index in [4.69, 9.17) is 10.5 Å². The Hall–Kier alpha value is -7.44. The fraction of sp³-hybridized carbons (Fsp3) is 0.421. The molecule has 1 aromatic carbocycles. The summed E-state index contributed by atoms with van der Waals surface area (Å²) >= 11 is 0. The Kier molecular flexibility index (Phi) is 22.5. The van der Waals surface area contributed by atoms with Gasteiger partial charge in [-0.05, 0) is 30.7 Å². The molecule has 68 heavy (non-hydrogen) atoms. The van der Waals surface area contributed by atoms with Crippen LogP contribution in [0.5, 0.6) is 0 Å². The smallest absolute Gasteiger partial charge is 0.327 e. The van der Waals surface area contributed by atoms with E-state index in [1.165, 1.54) is 42.0 Å². The zero-order valence-electron chi connectivity index (χ0n) is 36.1. The molecule has 0 saturated heterocycles. The Balaban J connectivity index is 1.42. The van der Waals surface area contributed by atoms with Crippen molar-refractivity contribution in [1.82, 2.24) is 51.0 Å². The molecule has 12 N–H and O–H groups in total. The third-order valence-corrected chi connectivity index (χ3v) is 11.1. The van der Waals surface area contributed by atoms with Gasteiger partial charge in [0.1, 0.15) is 24.4 Å². The number of amides is 5. The monoisotopic (exact) mass is 992 g/mol.